The van der Waals surface area contributed by atoms with E-state index in [1.807, 2.05) is 49.4 Å². The lowest BCUT2D eigenvalue weighted by Gasteiger charge is -2.18. The Hall–Kier alpha value is -3.19. The third kappa shape index (κ3) is 3.26. The van der Waals surface area contributed by atoms with Gasteiger partial charge in [0.2, 0.25) is 0 Å². The van der Waals surface area contributed by atoms with Crippen molar-refractivity contribution in [2.24, 2.45) is 0 Å². The average Bonchev–Trinajstić information content (AvgIpc) is 2.59. The molecule has 0 bridgehead atoms. The highest BCUT2D eigenvalue weighted by molar-refractivity contribution is 5.64. The molecule has 1 aromatic rings. The maximum Gasteiger partial charge on any atom is 0.138 e. The average molecular weight is 319 g/mol. The third-order valence-corrected chi connectivity index (χ3v) is 3.70. The van der Waals surface area contributed by atoms with E-state index < -0.39 is 0 Å². The first-order chi connectivity index (χ1) is 11.6. The number of methoxy groups -OCH3 is 1. The molecule has 3 rings (SSSR count). The van der Waals surface area contributed by atoms with Crippen LogP contribution in [0.3, 0.4) is 0 Å². The minimum atomic E-state index is 0.630. The van der Waals surface area contributed by atoms with Gasteiger partial charge in [-0.25, -0.2) is 0 Å². The second kappa shape index (κ2) is 6.51. The summed E-state index contributed by atoms with van der Waals surface area (Å²) >= 11 is 0. The first-order valence-corrected chi connectivity index (χ1v) is 7.53. The van der Waals surface area contributed by atoms with Crippen LogP contribution in [0.1, 0.15) is 19.4 Å². The molecule has 0 saturated carbocycles. The van der Waals surface area contributed by atoms with E-state index in [1.54, 1.807) is 20.1 Å². The van der Waals surface area contributed by atoms with E-state index in [2.05, 4.69) is 6.07 Å². The van der Waals surface area contributed by atoms with E-state index in [9.17, 15) is 0 Å². The molecule has 0 aromatic heterocycles. The Morgan fingerprint density at radius 1 is 1.21 bits per heavy atom. The van der Waals surface area contributed by atoms with Crippen LogP contribution in [0.5, 0.6) is 11.5 Å². The summed E-state index contributed by atoms with van der Waals surface area (Å²) < 4.78 is 16.8. The summed E-state index contributed by atoms with van der Waals surface area (Å²) in [6, 6.07) is 7.85. The Morgan fingerprint density at radius 2 is 2.04 bits per heavy atom. The summed E-state index contributed by atoms with van der Waals surface area (Å²) in [5.41, 5.74) is 2.47. The number of hydrogen-bond acceptors (Lipinski definition) is 4. The van der Waals surface area contributed by atoms with E-state index in [-0.39, 0.29) is 0 Å². The fourth-order valence-corrected chi connectivity index (χ4v) is 2.43. The van der Waals surface area contributed by atoms with Crippen molar-refractivity contribution in [1.82, 2.24) is 0 Å². The standard InChI is InChI=1S/C20H17NO3/c1-13(12-21)16-8-14(2)23-19(9-16)10-18-7-5-15-4-6-17(22-3)11-20(15)24-18/h4-11H,1-3H3/b16-13-,18-10+. The van der Waals surface area contributed by atoms with Gasteiger partial charge >= 0.3 is 0 Å². The largest absolute Gasteiger partial charge is 0.497 e. The molecule has 4 nitrogen and oxygen atoms in total. The molecule has 0 N–H and O–H groups in total. The molecule has 0 aliphatic carbocycles. The normalized spacial score (nSPS) is 19.3. The first-order valence-electron chi connectivity index (χ1n) is 7.53. The summed E-state index contributed by atoms with van der Waals surface area (Å²) in [5, 5.41) is 9.07. The predicted octanol–water partition coefficient (Wildman–Crippen LogP) is 4.64. The van der Waals surface area contributed by atoms with Crippen molar-refractivity contribution in [1.29, 1.82) is 5.26 Å². The van der Waals surface area contributed by atoms with Gasteiger partial charge in [-0.05, 0) is 55.9 Å². The molecule has 0 radical (unpaired) electrons. The molecule has 24 heavy (non-hydrogen) atoms. The molecule has 0 amide bonds. The van der Waals surface area contributed by atoms with Crippen LogP contribution in [0.15, 0.2) is 70.9 Å². The van der Waals surface area contributed by atoms with Crippen molar-refractivity contribution in [2.45, 2.75) is 13.8 Å². The zero-order valence-electron chi connectivity index (χ0n) is 13.8. The zero-order chi connectivity index (χ0) is 17.1. The lowest BCUT2D eigenvalue weighted by atomic mass is 10.1. The molecular weight excluding hydrogens is 302 g/mol. The minimum absolute atomic E-state index is 0.630. The Bertz CT molecular complexity index is 877. The molecule has 1 aromatic carbocycles. The van der Waals surface area contributed by atoms with Crippen LogP contribution in [0, 0.1) is 11.3 Å². The molecule has 2 aliphatic heterocycles. The number of ether oxygens (including phenoxy) is 3. The van der Waals surface area contributed by atoms with Crippen LogP contribution in [0.4, 0.5) is 0 Å². The maximum absolute atomic E-state index is 9.07. The van der Waals surface area contributed by atoms with E-state index in [1.165, 1.54) is 0 Å². The number of benzene rings is 1. The summed E-state index contributed by atoms with van der Waals surface area (Å²) in [6.07, 6.45) is 9.34. The van der Waals surface area contributed by atoms with Gasteiger partial charge in [0.15, 0.2) is 0 Å². The second-order valence-electron chi connectivity index (χ2n) is 5.48. The number of rotatable bonds is 2. The number of fused-ring (bicyclic) bond motifs is 1. The zero-order valence-corrected chi connectivity index (χ0v) is 13.8. The Morgan fingerprint density at radius 3 is 2.79 bits per heavy atom. The molecule has 2 heterocycles. The van der Waals surface area contributed by atoms with Gasteiger partial charge in [0.1, 0.15) is 28.8 Å². The molecule has 0 unspecified atom stereocenters. The van der Waals surface area contributed by atoms with Gasteiger partial charge in [-0.1, -0.05) is 0 Å². The maximum atomic E-state index is 9.07. The van der Waals surface area contributed by atoms with Gasteiger partial charge in [0, 0.05) is 23.3 Å². The second-order valence-corrected chi connectivity index (χ2v) is 5.48. The van der Waals surface area contributed by atoms with Crippen molar-refractivity contribution in [2.75, 3.05) is 7.11 Å². The smallest absolute Gasteiger partial charge is 0.138 e. The molecule has 0 fully saturated rings. The van der Waals surface area contributed by atoms with Gasteiger partial charge < -0.3 is 14.2 Å². The summed E-state index contributed by atoms with van der Waals surface area (Å²) in [7, 11) is 1.62. The molecule has 120 valence electrons. The molecule has 2 aliphatic rings. The van der Waals surface area contributed by atoms with Crippen LogP contribution in [-0.2, 0) is 4.74 Å². The third-order valence-electron chi connectivity index (χ3n) is 3.70. The summed E-state index contributed by atoms with van der Waals surface area (Å²) in [4.78, 5) is 0. The van der Waals surface area contributed by atoms with Gasteiger partial charge in [-0.15, -0.1) is 0 Å². The molecule has 0 saturated heterocycles. The SMILES string of the molecule is COc1ccc2c(c1)O/C(=C/C1=CC(=C(/C)C#N)/C=C(C)O1)C=C2. The highest BCUT2D eigenvalue weighted by Crippen LogP contribution is 2.32. The summed E-state index contributed by atoms with van der Waals surface area (Å²) in [6.45, 7) is 3.64. The highest BCUT2D eigenvalue weighted by Gasteiger charge is 2.14. The minimum Gasteiger partial charge on any atom is -0.497 e. The quantitative estimate of drug-likeness (QED) is 0.745. The predicted molar refractivity (Wildman–Crippen MR) is 92.0 cm³/mol. The number of hydrogen-bond donors (Lipinski definition) is 0. The summed E-state index contributed by atoms with van der Waals surface area (Å²) in [5.74, 6) is 3.49. The van der Waals surface area contributed by atoms with Crippen molar-refractivity contribution >= 4 is 6.08 Å². The Balaban J connectivity index is 1.90. The van der Waals surface area contributed by atoms with Crippen LogP contribution in [0.2, 0.25) is 0 Å². The van der Waals surface area contributed by atoms with Gasteiger partial charge in [0.25, 0.3) is 0 Å². The number of allylic oxidation sites excluding steroid dienone is 7. The van der Waals surface area contributed by atoms with Crippen molar-refractivity contribution in [3.8, 4) is 17.6 Å². The number of nitriles is 1. The van der Waals surface area contributed by atoms with E-state index in [0.29, 0.717) is 17.1 Å². The molecule has 0 spiro atoms. The van der Waals surface area contributed by atoms with Gasteiger partial charge in [0.05, 0.1) is 13.2 Å². The number of nitrogens with zero attached hydrogens (tertiary/aromatic N) is 1. The van der Waals surface area contributed by atoms with Crippen LogP contribution in [0.25, 0.3) is 6.08 Å². The van der Waals surface area contributed by atoms with Crippen molar-refractivity contribution < 1.29 is 14.2 Å². The fraction of sp³-hybridized carbons (Fsp3) is 0.150. The van der Waals surface area contributed by atoms with Crippen LogP contribution < -0.4 is 9.47 Å². The van der Waals surface area contributed by atoms with E-state index in [0.717, 1.165) is 28.4 Å². The molecule has 4 heteroatoms. The molecular formula is C20H17NO3. The van der Waals surface area contributed by atoms with Gasteiger partial charge in [-0.3, -0.25) is 0 Å². The Kier molecular flexibility index (Phi) is 4.26. The van der Waals surface area contributed by atoms with Crippen molar-refractivity contribution in [3.63, 3.8) is 0 Å². The van der Waals surface area contributed by atoms with Crippen LogP contribution in [-0.4, -0.2) is 7.11 Å². The first kappa shape index (κ1) is 15.7. The molecule has 0 atom stereocenters. The fourth-order valence-electron chi connectivity index (χ4n) is 2.43. The van der Waals surface area contributed by atoms with Crippen LogP contribution >= 0.6 is 0 Å². The van der Waals surface area contributed by atoms with Gasteiger partial charge in [-0.2, -0.15) is 5.26 Å². The van der Waals surface area contributed by atoms with E-state index in [4.69, 9.17) is 19.5 Å². The highest BCUT2D eigenvalue weighted by atomic mass is 16.5. The lowest BCUT2D eigenvalue weighted by Crippen LogP contribution is -2.03. The van der Waals surface area contributed by atoms with E-state index >= 15 is 0 Å². The van der Waals surface area contributed by atoms with Crippen molar-refractivity contribution in [3.05, 3.63) is 76.5 Å². The Labute approximate surface area is 141 Å². The topological polar surface area (TPSA) is 51.5 Å². The lowest BCUT2D eigenvalue weighted by molar-refractivity contribution is 0.313. The monoisotopic (exact) mass is 319 g/mol.